The van der Waals surface area contributed by atoms with Crippen LogP contribution in [0.3, 0.4) is 0 Å². The van der Waals surface area contributed by atoms with Gasteiger partial charge in [0.1, 0.15) is 16.9 Å². The zero-order valence-corrected chi connectivity index (χ0v) is 14.2. The first-order valence-corrected chi connectivity index (χ1v) is 8.93. The van der Waals surface area contributed by atoms with Crippen molar-refractivity contribution in [3.8, 4) is 0 Å². The van der Waals surface area contributed by atoms with Crippen LogP contribution < -0.4 is 4.72 Å². The molecule has 1 unspecified atom stereocenters. The van der Waals surface area contributed by atoms with Crippen molar-refractivity contribution in [2.24, 2.45) is 0 Å². The number of rotatable bonds is 5. The van der Waals surface area contributed by atoms with Crippen molar-refractivity contribution in [2.75, 3.05) is 0 Å². The Bertz CT molecular complexity index is 684. The topological polar surface area (TPSA) is 76.9 Å². The molecule has 2 aromatic rings. The van der Waals surface area contributed by atoms with Gasteiger partial charge in [-0.15, -0.1) is 11.3 Å². The van der Waals surface area contributed by atoms with Crippen LogP contribution in [0.1, 0.15) is 32.6 Å². The summed E-state index contributed by atoms with van der Waals surface area (Å²) < 4.78 is 29.3. The maximum Gasteiger partial charge on any atom is 0.250 e. The van der Waals surface area contributed by atoms with Gasteiger partial charge in [-0.25, -0.2) is 18.1 Å². The molecule has 0 aliphatic rings. The van der Waals surface area contributed by atoms with E-state index in [1.165, 1.54) is 17.7 Å². The molecule has 21 heavy (non-hydrogen) atoms. The summed E-state index contributed by atoms with van der Waals surface area (Å²) in [7, 11) is -3.50. The molecule has 0 saturated heterocycles. The molecule has 0 aromatic carbocycles. The van der Waals surface area contributed by atoms with Crippen LogP contribution in [0.2, 0.25) is 0 Å². The van der Waals surface area contributed by atoms with E-state index >= 15 is 0 Å². The number of hydrogen-bond donors (Lipinski definition) is 1. The quantitative estimate of drug-likeness (QED) is 0.911. The van der Waals surface area contributed by atoms with Gasteiger partial charge in [-0.2, -0.15) is 5.10 Å². The Labute approximate surface area is 129 Å². The number of nitrogens with zero attached hydrogens (tertiary/aromatic N) is 3. The smallest absolute Gasteiger partial charge is 0.250 e. The molecule has 8 heteroatoms. The molecule has 0 fully saturated rings. The maximum absolute atomic E-state index is 12.4. The predicted octanol–water partition coefficient (Wildman–Crippen LogP) is 2.00. The Hall–Kier alpha value is -1.25. The van der Waals surface area contributed by atoms with Crippen LogP contribution in [0.4, 0.5) is 0 Å². The fourth-order valence-electron chi connectivity index (χ4n) is 1.84. The van der Waals surface area contributed by atoms with Crippen molar-refractivity contribution < 1.29 is 8.42 Å². The molecule has 0 spiro atoms. The minimum Gasteiger partial charge on any atom is -0.251 e. The van der Waals surface area contributed by atoms with Crippen molar-refractivity contribution in [3.05, 3.63) is 29.7 Å². The summed E-state index contributed by atoms with van der Waals surface area (Å²) in [4.78, 5) is 4.88. The third-order valence-corrected chi connectivity index (χ3v) is 6.46. The average Bonchev–Trinajstić information content (AvgIpc) is 2.96. The van der Waals surface area contributed by atoms with E-state index in [1.54, 1.807) is 24.0 Å². The van der Waals surface area contributed by atoms with Crippen LogP contribution in [0.5, 0.6) is 0 Å². The van der Waals surface area contributed by atoms with E-state index in [4.69, 9.17) is 0 Å². The predicted molar refractivity (Wildman–Crippen MR) is 82.8 cm³/mol. The molecule has 0 aliphatic heterocycles. The molecule has 6 nitrogen and oxygen atoms in total. The summed E-state index contributed by atoms with van der Waals surface area (Å²) in [6.07, 6.45) is 2.99. The highest BCUT2D eigenvalue weighted by Gasteiger charge is 2.23. The van der Waals surface area contributed by atoms with E-state index in [0.29, 0.717) is 10.8 Å². The van der Waals surface area contributed by atoms with Gasteiger partial charge < -0.3 is 0 Å². The van der Waals surface area contributed by atoms with Crippen LogP contribution in [-0.2, 0) is 22.0 Å². The second kappa shape index (κ2) is 5.86. The average molecular weight is 328 g/mol. The molecule has 0 saturated carbocycles. The van der Waals surface area contributed by atoms with E-state index in [-0.39, 0.29) is 11.5 Å². The lowest BCUT2D eigenvalue weighted by Gasteiger charge is -2.15. The molecule has 0 bridgehead atoms. The minimum atomic E-state index is -3.50. The molecule has 2 rings (SSSR count). The van der Waals surface area contributed by atoms with E-state index in [2.05, 4.69) is 35.6 Å². The van der Waals surface area contributed by atoms with Gasteiger partial charge in [0.25, 0.3) is 0 Å². The monoisotopic (exact) mass is 328 g/mol. The highest BCUT2D eigenvalue weighted by molar-refractivity contribution is 7.91. The van der Waals surface area contributed by atoms with Crippen molar-refractivity contribution in [2.45, 2.75) is 49.9 Å². The second-order valence-electron chi connectivity index (χ2n) is 6.01. The van der Waals surface area contributed by atoms with E-state index < -0.39 is 10.0 Å². The highest BCUT2D eigenvalue weighted by Crippen LogP contribution is 2.31. The Morgan fingerprint density at radius 2 is 2.10 bits per heavy atom. The van der Waals surface area contributed by atoms with Gasteiger partial charge in [-0.1, -0.05) is 20.8 Å². The molecule has 0 aliphatic carbocycles. The Kier molecular flexibility index (Phi) is 4.50. The number of aromatic nitrogens is 3. The third-order valence-electron chi connectivity index (χ3n) is 2.87. The first-order valence-electron chi connectivity index (χ1n) is 6.63. The summed E-state index contributed by atoms with van der Waals surface area (Å²) in [6.45, 7) is 8.44. The molecule has 2 heterocycles. The largest absolute Gasteiger partial charge is 0.251 e. The minimum absolute atomic E-state index is 0.0508. The fraction of sp³-hybridized carbons (Fsp3) is 0.538. The Morgan fingerprint density at radius 3 is 2.62 bits per heavy atom. The summed E-state index contributed by atoms with van der Waals surface area (Å²) in [5, 5.41) is 3.97. The lowest BCUT2D eigenvalue weighted by atomic mass is 9.95. The third kappa shape index (κ3) is 4.12. The normalized spacial score (nSPS) is 14.3. The van der Waals surface area contributed by atoms with Crippen LogP contribution in [-0.4, -0.2) is 29.2 Å². The number of nitrogens with one attached hydrogen (secondary N) is 1. The summed E-state index contributed by atoms with van der Waals surface area (Å²) >= 11 is 1.31. The molecular formula is C13H20N4O2S2. The van der Waals surface area contributed by atoms with Crippen molar-refractivity contribution >= 4 is 21.4 Å². The summed E-state index contributed by atoms with van der Waals surface area (Å²) in [6, 6.07) is 3.27. The number of hydrogen-bond acceptors (Lipinski definition) is 5. The second-order valence-corrected chi connectivity index (χ2v) is 9.03. The molecule has 0 radical (unpaired) electrons. The van der Waals surface area contributed by atoms with Gasteiger partial charge in [0.2, 0.25) is 10.0 Å². The lowest BCUT2D eigenvalue weighted by molar-refractivity contribution is 0.494. The van der Waals surface area contributed by atoms with Crippen molar-refractivity contribution in [1.82, 2.24) is 19.5 Å². The molecular weight excluding hydrogens is 308 g/mol. The lowest BCUT2D eigenvalue weighted by Crippen LogP contribution is -2.35. The Balaban J connectivity index is 2.09. The van der Waals surface area contributed by atoms with Gasteiger partial charge >= 0.3 is 0 Å². The highest BCUT2D eigenvalue weighted by atomic mass is 32.2. The van der Waals surface area contributed by atoms with Crippen LogP contribution in [0.15, 0.2) is 29.0 Å². The molecule has 1 N–H and O–H groups in total. The first kappa shape index (κ1) is 16.1. The van der Waals surface area contributed by atoms with Gasteiger partial charge in [0.15, 0.2) is 0 Å². The number of sulfonamides is 1. The molecule has 0 amide bonds. The van der Waals surface area contributed by atoms with E-state index in [1.807, 2.05) is 6.07 Å². The van der Waals surface area contributed by atoms with Crippen LogP contribution >= 0.6 is 11.3 Å². The van der Waals surface area contributed by atoms with E-state index in [0.717, 1.165) is 4.88 Å². The van der Waals surface area contributed by atoms with Crippen LogP contribution in [0, 0.1) is 0 Å². The van der Waals surface area contributed by atoms with Crippen molar-refractivity contribution in [3.63, 3.8) is 0 Å². The SMILES string of the molecule is CC(Cn1cncn1)NS(=O)(=O)c1ccc(C(C)(C)C)s1. The zero-order chi connectivity index (χ0) is 15.7. The zero-order valence-electron chi connectivity index (χ0n) is 12.6. The standard InChI is InChI=1S/C13H20N4O2S2/c1-10(7-17-9-14-8-15-17)16-21(18,19)12-6-5-11(20-12)13(2,3)4/h5-6,8-10,16H,7H2,1-4H3. The van der Waals surface area contributed by atoms with Gasteiger partial charge in [-0.3, -0.25) is 4.68 Å². The molecule has 1 atom stereocenters. The van der Waals surface area contributed by atoms with Gasteiger partial charge in [-0.05, 0) is 24.5 Å². The summed E-state index contributed by atoms with van der Waals surface area (Å²) in [5.74, 6) is 0. The summed E-state index contributed by atoms with van der Waals surface area (Å²) in [5.41, 5.74) is -0.0508. The van der Waals surface area contributed by atoms with E-state index in [9.17, 15) is 8.42 Å². The first-order chi connectivity index (χ1) is 9.68. The maximum atomic E-state index is 12.4. The molecule has 116 valence electrons. The fourth-order valence-corrected chi connectivity index (χ4v) is 4.45. The Morgan fingerprint density at radius 1 is 1.38 bits per heavy atom. The van der Waals surface area contributed by atoms with Gasteiger partial charge in [0, 0.05) is 10.9 Å². The molecule has 2 aromatic heterocycles. The number of thiophene rings is 1. The van der Waals surface area contributed by atoms with Crippen LogP contribution in [0.25, 0.3) is 0 Å². The van der Waals surface area contributed by atoms with Gasteiger partial charge in [0.05, 0.1) is 6.54 Å². The van der Waals surface area contributed by atoms with Crippen molar-refractivity contribution in [1.29, 1.82) is 0 Å².